The maximum Gasteiger partial charge on any atom is 0.191 e. The van der Waals surface area contributed by atoms with E-state index in [4.69, 9.17) is 0 Å². The summed E-state index contributed by atoms with van der Waals surface area (Å²) < 4.78 is 3.00. The Kier molecular flexibility index (Phi) is 7.21. The molecule has 25 heavy (non-hydrogen) atoms. The molecular formula is C17H22IN5OS. The van der Waals surface area contributed by atoms with Crippen molar-refractivity contribution < 1.29 is 5.11 Å². The van der Waals surface area contributed by atoms with Crippen molar-refractivity contribution in [3.05, 3.63) is 53.2 Å². The molecule has 1 unspecified atom stereocenters. The van der Waals surface area contributed by atoms with E-state index in [0.717, 1.165) is 16.0 Å². The molecule has 2 heterocycles. The zero-order chi connectivity index (χ0) is 16.9. The summed E-state index contributed by atoms with van der Waals surface area (Å²) in [6, 6.07) is 12.1. The van der Waals surface area contributed by atoms with Gasteiger partial charge in [-0.25, -0.2) is 0 Å². The van der Waals surface area contributed by atoms with Crippen LogP contribution in [0, 0.1) is 0 Å². The number of fused-ring (bicyclic) bond motifs is 1. The van der Waals surface area contributed by atoms with Crippen molar-refractivity contribution in [2.75, 3.05) is 13.6 Å². The molecular weight excluding hydrogens is 449 g/mol. The van der Waals surface area contributed by atoms with E-state index < -0.39 is 6.10 Å². The fourth-order valence-electron chi connectivity index (χ4n) is 2.43. The zero-order valence-corrected chi connectivity index (χ0v) is 17.3. The summed E-state index contributed by atoms with van der Waals surface area (Å²) in [5, 5.41) is 22.1. The van der Waals surface area contributed by atoms with Gasteiger partial charge in [-0.15, -0.1) is 35.3 Å². The van der Waals surface area contributed by atoms with E-state index >= 15 is 0 Å². The van der Waals surface area contributed by atoms with Gasteiger partial charge >= 0.3 is 0 Å². The second-order valence-corrected chi connectivity index (χ2v) is 6.57. The van der Waals surface area contributed by atoms with Crippen LogP contribution in [0.2, 0.25) is 0 Å². The second-order valence-electron chi connectivity index (χ2n) is 5.46. The van der Waals surface area contributed by atoms with Crippen LogP contribution in [-0.4, -0.2) is 34.4 Å². The molecule has 3 rings (SSSR count). The summed E-state index contributed by atoms with van der Waals surface area (Å²) in [6.07, 6.45) is 1.19. The van der Waals surface area contributed by atoms with Gasteiger partial charge in [-0.1, -0.05) is 18.2 Å². The lowest BCUT2D eigenvalue weighted by molar-refractivity contribution is 0.184. The third-order valence-corrected chi connectivity index (χ3v) is 5.04. The normalized spacial score (nSPS) is 12.7. The highest BCUT2D eigenvalue weighted by Gasteiger charge is 2.12. The molecule has 0 fully saturated rings. The number of thiophene rings is 1. The highest BCUT2D eigenvalue weighted by Crippen LogP contribution is 2.29. The van der Waals surface area contributed by atoms with E-state index in [1.165, 1.54) is 4.70 Å². The number of benzene rings is 1. The molecule has 0 saturated carbocycles. The Hall–Kier alpha value is -1.65. The Labute approximate surface area is 168 Å². The number of nitrogens with one attached hydrogen (secondary N) is 2. The van der Waals surface area contributed by atoms with Gasteiger partial charge in [0.05, 0.1) is 12.2 Å². The predicted molar refractivity (Wildman–Crippen MR) is 114 cm³/mol. The smallest absolute Gasteiger partial charge is 0.191 e. The first-order chi connectivity index (χ1) is 11.7. The second kappa shape index (κ2) is 9.16. The molecule has 0 spiro atoms. The number of aromatic nitrogens is 2. The summed E-state index contributed by atoms with van der Waals surface area (Å²) >= 11 is 1.62. The van der Waals surface area contributed by atoms with Crippen molar-refractivity contribution in [3.63, 3.8) is 0 Å². The van der Waals surface area contributed by atoms with E-state index in [2.05, 4.69) is 32.9 Å². The van der Waals surface area contributed by atoms with Crippen LogP contribution >= 0.6 is 35.3 Å². The number of aliphatic imine (C=N–C) groups is 1. The molecule has 3 aromatic rings. The average Bonchev–Trinajstić information content (AvgIpc) is 3.20. The molecule has 0 radical (unpaired) electrons. The van der Waals surface area contributed by atoms with E-state index in [-0.39, 0.29) is 24.0 Å². The van der Waals surface area contributed by atoms with Gasteiger partial charge in [0.1, 0.15) is 6.10 Å². The highest BCUT2D eigenvalue weighted by molar-refractivity contribution is 14.0. The summed E-state index contributed by atoms with van der Waals surface area (Å²) in [4.78, 5) is 5.13. The fourth-order valence-corrected chi connectivity index (χ4v) is 3.48. The number of nitrogens with zero attached hydrogens (tertiary/aromatic N) is 3. The lowest BCUT2D eigenvalue weighted by Gasteiger charge is -2.14. The summed E-state index contributed by atoms with van der Waals surface area (Å²) in [5.74, 6) is 0.649. The van der Waals surface area contributed by atoms with Crippen LogP contribution in [0.1, 0.15) is 16.7 Å². The first-order valence-corrected chi connectivity index (χ1v) is 8.57. The lowest BCUT2D eigenvalue weighted by Crippen LogP contribution is -2.39. The summed E-state index contributed by atoms with van der Waals surface area (Å²) in [5.41, 5.74) is 1.06. The number of hydrogen-bond acceptors (Lipinski definition) is 4. The molecule has 0 aliphatic carbocycles. The number of hydrogen-bond donors (Lipinski definition) is 3. The van der Waals surface area contributed by atoms with E-state index in [0.29, 0.717) is 19.0 Å². The van der Waals surface area contributed by atoms with Crippen LogP contribution in [0.15, 0.2) is 47.6 Å². The van der Waals surface area contributed by atoms with E-state index in [1.54, 1.807) is 24.6 Å². The number of aliphatic hydroxyl groups is 1. The summed E-state index contributed by atoms with van der Waals surface area (Å²) in [7, 11) is 3.61. The number of aryl methyl sites for hydroxylation is 1. The van der Waals surface area contributed by atoms with Crippen molar-refractivity contribution in [2.45, 2.75) is 12.6 Å². The standard InChI is InChI=1S/C17H21N5OS.HI/c1-18-17(19-10-13-7-8-21-22(13)2)20-11-14(23)16-9-12-5-3-4-6-15(12)24-16;/h3-9,14,23H,10-11H2,1-2H3,(H2,18,19,20);1H. The molecule has 0 aliphatic heterocycles. The first-order valence-electron chi connectivity index (χ1n) is 7.75. The molecule has 1 aromatic carbocycles. The Morgan fingerprint density at radius 1 is 1.32 bits per heavy atom. The van der Waals surface area contributed by atoms with Gasteiger partial charge in [0.25, 0.3) is 0 Å². The van der Waals surface area contributed by atoms with Crippen LogP contribution in [0.4, 0.5) is 0 Å². The van der Waals surface area contributed by atoms with Gasteiger partial charge in [-0.05, 0) is 23.6 Å². The van der Waals surface area contributed by atoms with Crippen molar-refractivity contribution >= 4 is 51.4 Å². The van der Waals surface area contributed by atoms with Gasteiger partial charge in [0.15, 0.2) is 5.96 Å². The topological polar surface area (TPSA) is 74.5 Å². The lowest BCUT2D eigenvalue weighted by atomic mass is 10.2. The van der Waals surface area contributed by atoms with Crippen LogP contribution in [0.25, 0.3) is 10.1 Å². The van der Waals surface area contributed by atoms with Gasteiger partial charge in [0.2, 0.25) is 0 Å². The van der Waals surface area contributed by atoms with Gasteiger partial charge < -0.3 is 15.7 Å². The molecule has 6 nitrogen and oxygen atoms in total. The minimum absolute atomic E-state index is 0. The quantitative estimate of drug-likeness (QED) is 0.304. The number of aliphatic hydroxyl groups excluding tert-OH is 1. The molecule has 0 aliphatic rings. The van der Waals surface area contributed by atoms with Crippen LogP contribution in [0.5, 0.6) is 0 Å². The van der Waals surface area contributed by atoms with Crippen molar-refractivity contribution in [1.29, 1.82) is 0 Å². The Morgan fingerprint density at radius 3 is 2.80 bits per heavy atom. The monoisotopic (exact) mass is 471 g/mol. The minimum Gasteiger partial charge on any atom is -0.386 e. The maximum absolute atomic E-state index is 10.4. The van der Waals surface area contributed by atoms with Crippen LogP contribution < -0.4 is 10.6 Å². The molecule has 0 bridgehead atoms. The SMILES string of the molecule is CN=C(NCc1ccnn1C)NCC(O)c1cc2ccccc2s1.I. The molecule has 0 saturated heterocycles. The third kappa shape index (κ3) is 4.93. The van der Waals surface area contributed by atoms with E-state index in [9.17, 15) is 5.11 Å². The van der Waals surface area contributed by atoms with E-state index in [1.807, 2.05) is 36.0 Å². The largest absolute Gasteiger partial charge is 0.386 e. The highest BCUT2D eigenvalue weighted by atomic mass is 127. The van der Waals surface area contributed by atoms with Crippen molar-refractivity contribution in [1.82, 2.24) is 20.4 Å². The third-order valence-electron chi connectivity index (χ3n) is 3.82. The van der Waals surface area contributed by atoms with Gasteiger partial charge in [0, 0.05) is 36.4 Å². The number of rotatable bonds is 5. The summed E-state index contributed by atoms with van der Waals surface area (Å²) in [6.45, 7) is 1.02. The molecule has 3 N–H and O–H groups in total. The number of halogens is 1. The predicted octanol–water partition coefficient (Wildman–Crippen LogP) is 2.65. The van der Waals surface area contributed by atoms with Crippen LogP contribution in [0.3, 0.4) is 0 Å². The first kappa shape index (κ1) is 19.7. The van der Waals surface area contributed by atoms with Crippen molar-refractivity contribution in [2.24, 2.45) is 12.0 Å². The minimum atomic E-state index is -0.572. The van der Waals surface area contributed by atoms with Gasteiger partial charge in [-0.3, -0.25) is 9.67 Å². The number of guanidine groups is 1. The molecule has 0 amide bonds. The fraction of sp³-hybridized carbons (Fsp3) is 0.294. The Bertz CT molecular complexity index is 811. The maximum atomic E-state index is 10.4. The van der Waals surface area contributed by atoms with Crippen molar-refractivity contribution in [3.8, 4) is 0 Å². The average molecular weight is 471 g/mol. The Morgan fingerprint density at radius 2 is 2.12 bits per heavy atom. The van der Waals surface area contributed by atoms with Crippen LogP contribution in [-0.2, 0) is 13.6 Å². The zero-order valence-electron chi connectivity index (χ0n) is 14.1. The van der Waals surface area contributed by atoms with Gasteiger partial charge in [-0.2, -0.15) is 5.10 Å². The molecule has 1 atom stereocenters. The Balaban J connectivity index is 0.00000225. The molecule has 2 aromatic heterocycles. The molecule has 8 heteroatoms. The molecule has 134 valence electrons.